The van der Waals surface area contributed by atoms with E-state index in [2.05, 4.69) is 5.32 Å². The highest BCUT2D eigenvalue weighted by Gasteiger charge is 2.27. The summed E-state index contributed by atoms with van der Waals surface area (Å²) in [7, 11) is 0. The zero-order valence-corrected chi connectivity index (χ0v) is 17.3. The van der Waals surface area contributed by atoms with Gasteiger partial charge in [-0.2, -0.15) is 0 Å². The number of nitrogens with two attached hydrogens (primary N) is 1. The molecule has 1 amide bonds. The first-order chi connectivity index (χ1) is 15.0. The fourth-order valence-corrected chi connectivity index (χ4v) is 4.34. The molecule has 0 aromatic carbocycles. The number of carbonyl (C=O) groups excluding carboxylic acids is 1. The molecule has 0 spiro atoms. The third-order valence-electron chi connectivity index (χ3n) is 6.00. The molecule has 3 N–H and O–H groups in total. The molecule has 0 saturated heterocycles. The quantitative estimate of drug-likeness (QED) is 0.391. The highest BCUT2D eigenvalue weighted by molar-refractivity contribution is 6.00. The van der Waals surface area contributed by atoms with Gasteiger partial charge in [-0.1, -0.05) is 23.9 Å². The van der Waals surface area contributed by atoms with Crippen LogP contribution in [-0.2, 0) is 6.54 Å². The monoisotopic (exact) mass is 418 g/mol. The molecule has 1 aliphatic carbocycles. The summed E-state index contributed by atoms with van der Waals surface area (Å²) in [6, 6.07) is 9.02. The van der Waals surface area contributed by atoms with Crippen LogP contribution in [0.25, 0.3) is 16.7 Å². The predicted octanol–water partition coefficient (Wildman–Crippen LogP) is 2.34. The normalized spacial score (nSPS) is 14.5. The first-order valence-electron chi connectivity index (χ1n) is 10.5. The minimum atomic E-state index is -0.270. The van der Waals surface area contributed by atoms with Gasteiger partial charge in [-0.05, 0) is 44.0 Å². The van der Waals surface area contributed by atoms with Crippen molar-refractivity contribution in [2.45, 2.75) is 45.2 Å². The van der Waals surface area contributed by atoms with E-state index in [1.807, 2.05) is 19.1 Å². The molecular weight excluding hydrogens is 394 g/mol. The van der Waals surface area contributed by atoms with Crippen LogP contribution in [0, 0.1) is 6.92 Å². The summed E-state index contributed by atoms with van der Waals surface area (Å²) in [5.41, 5.74) is 8.36. The predicted molar refractivity (Wildman–Crippen MR) is 116 cm³/mol. The number of nitrogens with zero attached hydrogens (tertiary/aromatic N) is 3. The van der Waals surface area contributed by atoms with E-state index < -0.39 is 0 Å². The molecule has 0 radical (unpaired) electrons. The lowest BCUT2D eigenvalue weighted by atomic mass is 10.1. The van der Waals surface area contributed by atoms with Gasteiger partial charge >= 0.3 is 0 Å². The Labute approximate surface area is 178 Å². The van der Waals surface area contributed by atoms with Crippen molar-refractivity contribution in [3.05, 3.63) is 70.0 Å². The van der Waals surface area contributed by atoms with Crippen LogP contribution < -0.4 is 21.2 Å². The maximum absolute atomic E-state index is 13.3. The molecule has 0 bridgehead atoms. The van der Waals surface area contributed by atoms with Crippen LogP contribution in [-0.4, -0.2) is 21.3 Å². The zero-order chi connectivity index (χ0) is 21.5. The van der Waals surface area contributed by atoms with E-state index in [0.29, 0.717) is 22.4 Å². The Bertz CT molecular complexity index is 1350. The first kappa shape index (κ1) is 19.3. The number of furan rings is 1. The van der Waals surface area contributed by atoms with Gasteiger partial charge in [0, 0.05) is 17.8 Å². The number of aromatic nitrogens is 3. The second-order valence-corrected chi connectivity index (χ2v) is 8.10. The number of nitrogen functional groups attached to an aromatic ring is 1. The third kappa shape index (κ3) is 3.34. The van der Waals surface area contributed by atoms with E-state index in [9.17, 15) is 9.59 Å². The van der Waals surface area contributed by atoms with Crippen LogP contribution in [0.2, 0.25) is 0 Å². The van der Waals surface area contributed by atoms with E-state index in [4.69, 9.17) is 15.1 Å². The Kier molecular flexibility index (Phi) is 4.69. The molecule has 0 atom stereocenters. The number of anilines is 1. The van der Waals surface area contributed by atoms with Crippen LogP contribution in [0.1, 0.15) is 47.4 Å². The molecular formula is C23H24N5O3+. The standard InChI is InChI=1S/C23H23N5O3/c1-14-6-4-10-27-20(14)26-21-18(23(27)30)12-17(22(29)25-15-7-2-3-8-15)19(24)28(21)13-16-9-5-11-31-16/h4-6,9-12,15,24H,2-3,7-8,13H2,1H3,(H,25,29)/p+1. The van der Waals surface area contributed by atoms with Gasteiger partial charge in [-0.25, -0.2) is 4.57 Å². The first-order valence-corrected chi connectivity index (χ1v) is 10.5. The molecule has 0 aliphatic heterocycles. The Hall–Kier alpha value is -3.68. The van der Waals surface area contributed by atoms with E-state index >= 15 is 0 Å². The fourth-order valence-electron chi connectivity index (χ4n) is 4.34. The van der Waals surface area contributed by atoms with Crippen molar-refractivity contribution < 1.29 is 13.8 Å². The summed E-state index contributed by atoms with van der Waals surface area (Å²) in [6.45, 7) is 2.16. The zero-order valence-electron chi connectivity index (χ0n) is 17.3. The van der Waals surface area contributed by atoms with Crippen LogP contribution in [0.15, 0.2) is 52.0 Å². The van der Waals surface area contributed by atoms with Gasteiger partial charge in [0.05, 0.1) is 6.26 Å². The number of nitrogens with one attached hydrogen (secondary N) is 1. The maximum Gasteiger partial charge on any atom is 0.278 e. The average molecular weight is 418 g/mol. The van der Waals surface area contributed by atoms with Gasteiger partial charge in [0.25, 0.3) is 17.1 Å². The molecule has 31 heavy (non-hydrogen) atoms. The number of hydrogen-bond acceptors (Lipinski definition) is 5. The summed E-state index contributed by atoms with van der Waals surface area (Å²) in [5, 5.41) is 3.40. The molecule has 8 heteroatoms. The topological polar surface area (TPSA) is 107 Å². The number of amides is 1. The molecule has 4 aromatic heterocycles. The smallest absolute Gasteiger partial charge is 0.278 e. The number of hydrogen-bond donors (Lipinski definition) is 2. The van der Waals surface area contributed by atoms with Crippen LogP contribution in [0.3, 0.4) is 0 Å². The Morgan fingerprint density at radius 3 is 2.87 bits per heavy atom. The Morgan fingerprint density at radius 2 is 2.13 bits per heavy atom. The number of fused-ring (bicyclic) bond motifs is 2. The molecule has 1 aliphatic rings. The maximum atomic E-state index is 13.3. The second kappa shape index (κ2) is 7.54. The fraction of sp³-hybridized carbons (Fsp3) is 0.304. The van der Waals surface area contributed by atoms with Crippen LogP contribution in [0.5, 0.6) is 0 Å². The van der Waals surface area contributed by atoms with Gasteiger partial charge in [0.1, 0.15) is 23.3 Å². The Morgan fingerprint density at radius 1 is 1.32 bits per heavy atom. The molecule has 4 heterocycles. The highest BCUT2D eigenvalue weighted by Crippen LogP contribution is 2.20. The van der Waals surface area contributed by atoms with Crippen molar-refractivity contribution in [3.8, 4) is 0 Å². The van der Waals surface area contributed by atoms with Gasteiger partial charge in [0.2, 0.25) is 11.5 Å². The summed E-state index contributed by atoms with van der Waals surface area (Å²) in [6.07, 6.45) is 7.38. The summed E-state index contributed by atoms with van der Waals surface area (Å²) < 4.78 is 8.69. The number of carbonyl (C=O) groups is 1. The lowest BCUT2D eigenvalue weighted by molar-refractivity contribution is -0.651. The van der Waals surface area contributed by atoms with Crippen molar-refractivity contribution in [3.63, 3.8) is 0 Å². The van der Waals surface area contributed by atoms with Crippen molar-refractivity contribution in [2.24, 2.45) is 0 Å². The second-order valence-electron chi connectivity index (χ2n) is 8.10. The molecule has 158 valence electrons. The largest absolute Gasteiger partial charge is 0.466 e. The molecule has 1 saturated carbocycles. The molecule has 8 nitrogen and oxygen atoms in total. The van der Waals surface area contributed by atoms with E-state index in [1.165, 1.54) is 4.40 Å². The Balaban J connectivity index is 1.75. The summed E-state index contributed by atoms with van der Waals surface area (Å²) >= 11 is 0. The molecule has 5 rings (SSSR count). The van der Waals surface area contributed by atoms with E-state index in [0.717, 1.165) is 31.2 Å². The average Bonchev–Trinajstić information content (AvgIpc) is 3.45. The number of aryl methyl sites for hydroxylation is 1. The summed E-state index contributed by atoms with van der Waals surface area (Å²) in [5.74, 6) is 0.635. The van der Waals surface area contributed by atoms with Gasteiger partial charge in [-0.15, -0.1) is 0 Å². The van der Waals surface area contributed by atoms with Crippen molar-refractivity contribution in [1.82, 2.24) is 14.7 Å². The van der Waals surface area contributed by atoms with Crippen molar-refractivity contribution in [2.75, 3.05) is 5.73 Å². The lowest BCUT2D eigenvalue weighted by Gasteiger charge is -2.15. The SMILES string of the molecule is Cc1cccn2c(=O)c3cc(C(=O)NC4CCCC4)c(N)[n+](Cc4ccco4)c3nc12. The molecule has 4 aromatic rings. The molecule has 1 fully saturated rings. The van der Waals surface area contributed by atoms with Crippen molar-refractivity contribution in [1.29, 1.82) is 0 Å². The van der Waals surface area contributed by atoms with Gasteiger partial charge in [-0.3, -0.25) is 14.0 Å². The van der Waals surface area contributed by atoms with E-state index in [1.54, 1.807) is 35.2 Å². The minimum absolute atomic E-state index is 0.139. The van der Waals surface area contributed by atoms with Gasteiger partial charge in [0.15, 0.2) is 0 Å². The third-order valence-corrected chi connectivity index (χ3v) is 6.00. The summed E-state index contributed by atoms with van der Waals surface area (Å²) in [4.78, 5) is 31.2. The van der Waals surface area contributed by atoms with Crippen LogP contribution >= 0.6 is 0 Å². The number of pyridine rings is 2. The molecule has 0 unspecified atom stereocenters. The van der Waals surface area contributed by atoms with Crippen molar-refractivity contribution >= 4 is 28.4 Å². The number of rotatable bonds is 4. The van der Waals surface area contributed by atoms with E-state index in [-0.39, 0.29) is 35.4 Å². The lowest BCUT2D eigenvalue weighted by Crippen LogP contribution is -2.44. The minimum Gasteiger partial charge on any atom is -0.466 e. The highest BCUT2D eigenvalue weighted by atomic mass is 16.3. The van der Waals surface area contributed by atoms with Gasteiger partial charge < -0.3 is 15.5 Å². The van der Waals surface area contributed by atoms with Crippen LogP contribution in [0.4, 0.5) is 5.82 Å².